The summed E-state index contributed by atoms with van der Waals surface area (Å²) in [6, 6.07) is 0. The molecule has 0 aliphatic carbocycles. The third-order valence-corrected chi connectivity index (χ3v) is 2.82. The third kappa shape index (κ3) is 14.7. The lowest BCUT2D eigenvalue weighted by Crippen LogP contribution is -1.97. The topological polar surface area (TPSA) is 60.7 Å². The number of allylic oxidation sites excluding steroid dienone is 1. The van der Waals surface area contributed by atoms with Crippen molar-refractivity contribution in [1.82, 2.24) is 0 Å². The quantitative estimate of drug-likeness (QED) is 0.328. The molecule has 0 spiro atoms. The summed E-state index contributed by atoms with van der Waals surface area (Å²) in [4.78, 5) is 0. The molecule has 0 aromatic heterocycles. The smallest absolute Gasteiger partial charge is 0.134 e. The van der Waals surface area contributed by atoms with Crippen LogP contribution in [-0.2, 0) is 0 Å². The Labute approximate surface area is 128 Å². The zero-order chi connectivity index (χ0) is 15.8. The summed E-state index contributed by atoms with van der Waals surface area (Å²) in [5.74, 6) is 9.97. The van der Waals surface area contributed by atoms with Crippen LogP contribution in [0.3, 0.4) is 0 Å². The summed E-state index contributed by atoms with van der Waals surface area (Å²) in [5.41, 5.74) is 0. The first-order valence-corrected chi connectivity index (χ1v) is 7.48. The van der Waals surface area contributed by atoms with Gasteiger partial charge in [0.05, 0.1) is 0 Å². The highest BCUT2D eigenvalue weighted by Gasteiger charge is 1.92. The highest BCUT2D eigenvalue weighted by molar-refractivity contribution is 5.31. The van der Waals surface area contributed by atoms with Crippen molar-refractivity contribution in [2.45, 2.75) is 57.2 Å². The first-order valence-electron chi connectivity index (χ1n) is 7.48. The van der Waals surface area contributed by atoms with E-state index in [1.165, 1.54) is 25.3 Å². The average Bonchev–Trinajstić information content (AvgIpc) is 2.49. The van der Waals surface area contributed by atoms with E-state index < -0.39 is 12.2 Å². The van der Waals surface area contributed by atoms with Crippen LogP contribution in [0.25, 0.3) is 0 Å². The maximum absolute atomic E-state index is 9.54. The van der Waals surface area contributed by atoms with Gasteiger partial charge in [0.25, 0.3) is 0 Å². The van der Waals surface area contributed by atoms with Gasteiger partial charge in [-0.15, -0.1) is 0 Å². The van der Waals surface area contributed by atoms with Gasteiger partial charge in [0, 0.05) is 6.61 Å². The van der Waals surface area contributed by atoms with Crippen LogP contribution in [0.4, 0.5) is 0 Å². The van der Waals surface area contributed by atoms with E-state index in [0.717, 1.165) is 25.7 Å². The SMILES string of the molecule is C=C[C@H](O)C#CC#C[C@@H](O)/C=C\CCCCCCCCO. The summed E-state index contributed by atoms with van der Waals surface area (Å²) >= 11 is 0. The minimum Gasteiger partial charge on any atom is -0.396 e. The minimum absolute atomic E-state index is 0.290. The fourth-order valence-corrected chi connectivity index (χ4v) is 1.63. The van der Waals surface area contributed by atoms with E-state index in [1.807, 2.05) is 6.08 Å². The van der Waals surface area contributed by atoms with Crippen LogP contribution < -0.4 is 0 Å². The van der Waals surface area contributed by atoms with Gasteiger partial charge < -0.3 is 15.3 Å². The minimum atomic E-state index is -0.871. The van der Waals surface area contributed by atoms with Crippen molar-refractivity contribution in [1.29, 1.82) is 0 Å². The lowest BCUT2D eigenvalue weighted by Gasteiger charge is -1.99. The molecule has 0 saturated carbocycles. The second kappa shape index (κ2) is 14.9. The molecule has 0 heterocycles. The molecule has 0 saturated heterocycles. The van der Waals surface area contributed by atoms with Gasteiger partial charge >= 0.3 is 0 Å². The average molecular weight is 290 g/mol. The number of rotatable bonds is 10. The van der Waals surface area contributed by atoms with Crippen LogP contribution in [0.1, 0.15) is 44.9 Å². The molecular weight excluding hydrogens is 264 g/mol. The van der Waals surface area contributed by atoms with E-state index in [1.54, 1.807) is 6.08 Å². The summed E-state index contributed by atoms with van der Waals surface area (Å²) < 4.78 is 0. The molecule has 0 fully saturated rings. The Morgan fingerprint density at radius 1 is 0.857 bits per heavy atom. The fourth-order valence-electron chi connectivity index (χ4n) is 1.63. The molecule has 21 heavy (non-hydrogen) atoms. The van der Waals surface area contributed by atoms with Crippen LogP contribution in [-0.4, -0.2) is 34.1 Å². The summed E-state index contributed by atoms with van der Waals surface area (Å²) in [7, 11) is 0. The number of aliphatic hydroxyl groups excluding tert-OH is 3. The van der Waals surface area contributed by atoms with Crippen molar-refractivity contribution in [3.63, 3.8) is 0 Å². The highest BCUT2D eigenvalue weighted by atomic mass is 16.3. The summed E-state index contributed by atoms with van der Waals surface area (Å²) in [6.45, 7) is 3.68. The second-order valence-electron chi connectivity index (χ2n) is 4.73. The molecule has 0 aromatic carbocycles. The second-order valence-corrected chi connectivity index (χ2v) is 4.73. The van der Waals surface area contributed by atoms with Gasteiger partial charge in [-0.25, -0.2) is 0 Å². The summed E-state index contributed by atoms with van der Waals surface area (Å²) in [6.07, 6.45) is 10.8. The molecule has 0 rings (SSSR count). The van der Waals surface area contributed by atoms with E-state index in [4.69, 9.17) is 10.2 Å². The molecule has 3 N–H and O–H groups in total. The Hall–Kier alpha value is -1.52. The Balaban J connectivity index is 3.66. The molecule has 2 atom stereocenters. The van der Waals surface area contributed by atoms with E-state index >= 15 is 0 Å². The Kier molecular flexibility index (Phi) is 13.8. The molecule has 0 radical (unpaired) electrons. The third-order valence-electron chi connectivity index (χ3n) is 2.82. The van der Waals surface area contributed by atoms with E-state index in [-0.39, 0.29) is 0 Å². The molecule has 3 heteroatoms. The molecule has 0 amide bonds. The zero-order valence-corrected chi connectivity index (χ0v) is 12.6. The van der Waals surface area contributed by atoms with Crippen molar-refractivity contribution in [2.24, 2.45) is 0 Å². The van der Waals surface area contributed by atoms with Crippen LogP contribution in [0.15, 0.2) is 24.8 Å². The van der Waals surface area contributed by atoms with E-state index in [9.17, 15) is 5.11 Å². The van der Waals surface area contributed by atoms with Crippen molar-refractivity contribution < 1.29 is 15.3 Å². The number of unbranched alkanes of at least 4 members (excludes halogenated alkanes) is 6. The maximum atomic E-state index is 9.54. The highest BCUT2D eigenvalue weighted by Crippen LogP contribution is 2.07. The van der Waals surface area contributed by atoms with Gasteiger partial charge in [-0.1, -0.05) is 56.3 Å². The van der Waals surface area contributed by atoms with Crippen LogP contribution in [0.2, 0.25) is 0 Å². The molecular formula is C18H26O3. The first-order chi connectivity index (χ1) is 10.2. The predicted octanol–water partition coefficient (Wildman–Crippen LogP) is 2.18. The van der Waals surface area contributed by atoms with Gasteiger partial charge in [-0.05, 0) is 37.2 Å². The van der Waals surface area contributed by atoms with E-state index in [2.05, 4.69) is 30.3 Å². The Bertz CT molecular complexity index is 404. The van der Waals surface area contributed by atoms with Crippen LogP contribution >= 0.6 is 0 Å². The first kappa shape index (κ1) is 19.5. The molecule has 0 aromatic rings. The normalized spacial score (nSPS) is 12.9. The largest absolute Gasteiger partial charge is 0.396 e. The molecule has 0 aliphatic rings. The van der Waals surface area contributed by atoms with Crippen molar-refractivity contribution in [3.8, 4) is 23.7 Å². The predicted molar refractivity (Wildman–Crippen MR) is 86.3 cm³/mol. The van der Waals surface area contributed by atoms with Crippen molar-refractivity contribution >= 4 is 0 Å². The van der Waals surface area contributed by atoms with Gasteiger partial charge in [-0.2, -0.15) is 0 Å². The van der Waals surface area contributed by atoms with Gasteiger partial charge in [-0.3, -0.25) is 0 Å². The van der Waals surface area contributed by atoms with Crippen molar-refractivity contribution in [2.75, 3.05) is 6.61 Å². The van der Waals surface area contributed by atoms with Gasteiger partial charge in [0.15, 0.2) is 0 Å². The Morgan fingerprint density at radius 2 is 1.43 bits per heavy atom. The lowest BCUT2D eigenvalue weighted by molar-refractivity contribution is 0.280. The maximum Gasteiger partial charge on any atom is 0.134 e. The van der Waals surface area contributed by atoms with Gasteiger partial charge in [0.1, 0.15) is 12.2 Å². The fraction of sp³-hybridized carbons (Fsp3) is 0.556. The van der Waals surface area contributed by atoms with Crippen LogP contribution in [0.5, 0.6) is 0 Å². The number of hydrogen-bond acceptors (Lipinski definition) is 3. The standard InChI is InChI=1S/C18H26O3/c1-2-17(20)13-10-11-15-18(21)14-9-7-5-3-4-6-8-12-16-19/h2,9,14,17-21H,1,3-8,12,16H2/b14-9-/t17-,18-/m0/s1. The number of aliphatic hydroxyl groups is 3. The Morgan fingerprint density at radius 3 is 2.05 bits per heavy atom. The molecule has 116 valence electrons. The van der Waals surface area contributed by atoms with E-state index in [0.29, 0.717) is 6.61 Å². The molecule has 0 aliphatic heterocycles. The molecule has 3 nitrogen and oxygen atoms in total. The van der Waals surface area contributed by atoms with Gasteiger partial charge in [0.2, 0.25) is 0 Å². The zero-order valence-electron chi connectivity index (χ0n) is 12.6. The molecule has 0 unspecified atom stereocenters. The lowest BCUT2D eigenvalue weighted by atomic mass is 10.1. The van der Waals surface area contributed by atoms with Crippen LogP contribution in [0, 0.1) is 23.7 Å². The van der Waals surface area contributed by atoms with Crippen molar-refractivity contribution in [3.05, 3.63) is 24.8 Å². The molecule has 0 bridgehead atoms. The number of hydrogen-bond donors (Lipinski definition) is 3. The summed E-state index contributed by atoms with van der Waals surface area (Å²) in [5, 5.41) is 27.2. The monoisotopic (exact) mass is 290 g/mol.